The highest BCUT2D eigenvalue weighted by Gasteiger charge is 2.14. The maximum atomic E-state index is 9.21. The Bertz CT molecular complexity index is 292. The van der Waals surface area contributed by atoms with Crippen molar-refractivity contribution in [3.05, 3.63) is 23.8 Å². The molecule has 0 aromatic heterocycles. The van der Waals surface area contributed by atoms with Crippen LogP contribution in [0.3, 0.4) is 0 Å². The summed E-state index contributed by atoms with van der Waals surface area (Å²) < 4.78 is 0. The molecule has 0 saturated heterocycles. The molecule has 0 bridgehead atoms. The van der Waals surface area contributed by atoms with Gasteiger partial charge >= 0.3 is 0 Å². The monoisotopic (exact) mass is 201 g/mol. The number of phenolic OH excluding ortho intramolecular Hbond substituents is 2. The molecule has 0 radical (unpaired) electrons. The van der Waals surface area contributed by atoms with Gasteiger partial charge in [-0.1, -0.05) is 26.8 Å². The van der Waals surface area contributed by atoms with Crippen molar-refractivity contribution in [2.75, 3.05) is 0 Å². The van der Waals surface area contributed by atoms with Gasteiger partial charge < -0.3 is 21.8 Å². The van der Waals surface area contributed by atoms with E-state index in [1.54, 1.807) is 6.07 Å². The smallest absolute Gasteiger partial charge is 0.157 e. The summed E-state index contributed by atoms with van der Waals surface area (Å²) in [6.45, 7) is 6.16. The highest BCUT2D eigenvalue weighted by atomic mass is 16.3. The molecule has 1 aromatic carbocycles. The molecule has 4 heteroatoms. The largest absolute Gasteiger partial charge is 0.870 e. The van der Waals surface area contributed by atoms with E-state index in [0.29, 0.717) is 0 Å². The molecule has 0 aliphatic carbocycles. The molecule has 0 amide bonds. The molecule has 0 heterocycles. The van der Waals surface area contributed by atoms with Crippen LogP contribution in [-0.2, 0) is 5.41 Å². The predicted molar refractivity (Wildman–Crippen MR) is 56.4 cm³/mol. The van der Waals surface area contributed by atoms with Crippen molar-refractivity contribution in [2.24, 2.45) is 0 Å². The van der Waals surface area contributed by atoms with Crippen LogP contribution >= 0.6 is 0 Å². The van der Waals surface area contributed by atoms with E-state index in [9.17, 15) is 5.11 Å². The van der Waals surface area contributed by atoms with Gasteiger partial charge in [0.1, 0.15) is 0 Å². The van der Waals surface area contributed by atoms with Crippen molar-refractivity contribution in [1.82, 2.24) is 6.15 Å². The lowest BCUT2D eigenvalue weighted by atomic mass is 9.87. The standard InChI is InChI=1S/C10H14O2.H3N.H2O/c1-10(2,3)7-4-5-8(11)9(12)6-7;;/h4-6,11-12H,1-3H3;1H3;1H2. The van der Waals surface area contributed by atoms with Crippen LogP contribution in [0.15, 0.2) is 18.2 Å². The van der Waals surface area contributed by atoms with Crippen LogP contribution in [0.1, 0.15) is 26.3 Å². The van der Waals surface area contributed by atoms with Crippen molar-refractivity contribution in [3.63, 3.8) is 0 Å². The van der Waals surface area contributed by atoms with Crippen molar-refractivity contribution in [2.45, 2.75) is 26.2 Å². The number of phenols is 2. The fourth-order valence-corrected chi connectivity index (χ4v) is 0.990. The number of quaternary nitrogens is 1. The Morgan fingerprint density at radius 3 is 1.86 bits per heavy atom. The van der Waals surface area contributed by atoms with E-state index >= 15 is 0 Å². The summed E-state index contributed by atoms with van der Waals surface area (Å²) in [6, 6.07) is 4.92. The maximum Gasteiger partial charge on any atom is 0.157 e. The first kappa shape index (κ1) is 15.2. The van der Waals surface area contributed by atoms with E-state index in [-0.39, 0.29) is 28.5 Å². The van der Waals surface area contributed by atoms with Gasteiger partial charge in [-0.3, -0.25) is 0 Å². The van der Waals surface area contributed by atoms with E-state index < -0.39 is 0 Å². The minimum Gasteiger partial charge on any atom is -0.870 e. The van der Waals surface area contributed by atoms with E-state index in [2.05, 4.69) is 20.8 Å². The number of hydrogen-bond acceptors (Lipinski definition) is 3. The molecule has 0 saturated carbocycles. The Kier molecular flexibility index (Phi) is 5.25. The summed E-state index contributed by atoms with van der Waals surface area (Å²) in [7, 11) is 0. The van der Waals surface area contributed by atoms with Crippen LogP contribution in [-0.4, -0.2) is 15.7 Å². The Balaban J connectivity index is 0. The lowest BCUT2D eigenvalue weighted by Gasteiger charge is -2.19. The Hall–Kier alpha value is -1.26. The zero-order valence-corrected chi connectivity index (χ0v) is 9.07. The predicted octanol–water partition coefficient (Wildman–Crippen LogP) is 2.59. The second kappa shape index (κ2) is 4.83. The van der Waals surface area contributed by atoms with Gasteiger partial charge in [-0.2, -0.15) is 0 Å². The van der Waals surface area contributed by atoms with Crippen LogP contribution in [0.25, 0.3) is 0 Å². The maximum absolute atomic E-state index is 9.21. The zero-order chi connectivity index (χ0) is 9.35. The summed E-state index contributed by atoms with van der Waals surface area (Å²) in [6.07, 6.45) is 0. The third-order valence-electron chi connectivity index (χ3n) is 1.84. The Labute approximate surface area is 84.1 Å². The second-order valence-electron chi connectivity index (χ2n) is 3.95. The van der Waals surface area contributed by atoms with Gasteiger partial charge in [0, 0.05) is 0 Å². The van der Waals surface area contributed by atoms with Crippen molar-refractivity contribution in [3.8, 4) is 11.5 Å². The van der Waals surface area contributed by atoms with Crippen LogP contribution in [0.5, 0.6) is 11.5 Å². The fraction of sp³-hybridized carbons (Fsp3) is 0.400. The molecule has 0 aliphatic heterocycles. The minimum atomic E-state index is -0.0667. The van der Waals surface area contributed by atoms with E-state index in [1.165, 1.54) is 6.07 Å². The normalized spacial score (nSPS) is 9.93. The van der Waals surface area contributed by atoms with E-state index in [4.69, 9.17) is 5.11 Å². The molecule has 1 rings (SSSR count). The van der Waals surface area contributed by atoms with Crippen LogP contribution in [0.4, 0.5) is 0 Å². The number of hydrogen-bond donors (Lipinski definition) is 3. The van der Waals surface area contributed by atoms with Gasteiger partial charge in [0.05, 0.1) is 0 Å². The zero-order valence-electron chi connectivity index (χ0n) is 9.07. The van der Waals surface area contributed by atoms with Crippen LogP contribution in [0.2, 0.25) is 0 Å². The lowest BCUT2D eigenvalue weighted by molar-refractivity contribution is 0.401. The molecule has 1 aromatic rings. The summed E-state index contributed by atoms with van der Waals surface area (Å²) in [5, 5.41) is 18.3. The fourth-order valence-electron chi connectivity index (χ4n) is 0.990. The molecule has 7 N–H and O–H groups in total. The molecule has 4 nitrogen and oxygen atoms in total. The first-order chi connectivity index (χ1) is 5.41. The molecule has 0 unspecified atom stereocenters. The second-order valence-corrected chi connectivity index (χ2v) is 3.95. The van der Waals surface area contributed by atoms with Crippen LogP contribution < -0.4 is 6.15 Å². The molecule has 0 atom stereocenters. The first-order valence-electron chi connectivity index (χ1n) is 3.94. The van der Waals surface area contributed by atoms with Gasteiger partial charge in [0.25, 0.3) is 0 Å². The minimum absolute atomic E-state index is 0. The van der Waals surface area contributed by atoms with Gasteiger partial charge in [-0.25, -0.2) is 0 Å². The van der Waals surface area contributed by atoms with Crippen molar-refractivity contribution < 1.29 is 15.7 Å². The SMILES string of the molecule is CC(C)(C)c1ccc(O)c(O)c1.[NH4+].[OH-]. The Morgan fingerprint density at radius 1 is 1.00 bits per heavy atom. The van der Waals surface area contributed by atoms with Crippen molar-refractivity contribution >= 4 is 0 Å². The molecular weight excluding hydrogens is 182 g/mol. The van der Waals surface area contributed by atoms with Crippen LogP contribution in [0, 0.1) is 0 Å². The Morgan fingerprint density at radius 2 is 1.50 bits per heavy atom. The average molecular weight is 201 g/mol. The van der Waals surface area contributed by atoms with Gasteiger partial charge in [0.15, 0.2) is 11.5 Å². The first-order valence-corrected chi connectivity index (χ1v) is 3.94. The van der Waals surface area contributed by atoms with E-state index in [0.717, 1.165) is 5.56 Å². The molecule has 0 spiro atoms. The van der Waals surface area contributed by atoms with E-state index in [1.807, 2.05) is 6.07 Å². The number of benzene rings is 1. The summed E-state index contributed by atoms with van der Waals surface area (Å²) in [5.74, 6) is -0.120. The van der Waals surface area contributed by atoms with Gasteiger partial charge in [0.2, 0.25) is 0 Å². The third-order valence-corrected chi connectivity index (χ3v) is 1.84. The summed E-state index contributed by atoms with van der Waals surface area (Å²) in [4.78, 5) is 0. The van der Waals surface area contributed by atoms with Gasteiger partial charge in [-0.15, -0.1) is 0 Å². The average Bonchev–Trinajstić information content (AvgIpc) is 1.92. The highest BCUT2D eigenvalue weighted by molar-refractivity contribution is 5.42. The quantitative estimate of drug-likeness (QED) is 0.561. The molecule has 0 aliphatic rings. The molecule has 0 fully saturated rings. The summed E-state index contributed by atoms with van der Waals surface area (Å²) >= 11 is 0. The van der Waals surface area contributed by atoms with Crippen molar-refractivity contribution in [1.29, 1.82) is 0 Å². The lowest BCUT2D eigenvalue weighted by Crippen LogP contribution is -2.10. The number of aromatic hydroxyl groups is 2. The highest BCUT2D eigenvalue weighted by Crippen LogP contribution is 2.30. The molecular formula is C10H19NO3. The summed E-state index contributed by atoms with van der Waals surface area (Å²) in [5.41, 5.74) is 1.02. The third kappa shape index (κ3) is 3.24. The molecule has 82 valence electrons. The molecule has 14 heavy (non-hydrogen) atoms. The number of rotatable bonds is 0. The topological polar surface area (TPSA) is 107 Å². The van der Waals surface area contributed by atoms with Gasteiger partial charge in [-0.05, 0) is 23.1 Å².